The Morgan fingerprint density at radius 1 is 1.14 bits per heavy atom. The molecule has 3 amide bonds. The van der Waals surface area contributed by atoms with Crippen LogP contribution in [0.1, 0.15) is 24.5 Å². The number of fused-ring (bicyclic) bond motifs is 1. The van der Waals surface area contributed by atoms with E-state index in [9.17, 15) is 19.2 Å². The molecule has 2 aromatic rings. The molecular weight excluding hydrogens is 491 g/mol. The van der Waals surface area contributed by atoms with Crippen LogP contribution in [0.3, 0.4) is 0 Å². The van der Waals surface area contributed by atoms with Crippen LogP contribution in [0.5, 0.6) is 0 Å². The first kappa shape index (κ1) is 25.1. The molecule has 0 spiro atoms. The number of carbonyl (C=O) groups is 4. The molecule has 5 rings (SSSR count). The maximum Gasteiger partial charge on any atom is 0.378 e. The number of hydrazone groups is 1. The van der Waals surface area contributed by atoms with Crippen molar-refractivity contribution < 1.29 is 23.8 Å². The molecule has 37 heavy (non-hydrogen) atoms. The summed E-state index contributed by atoms with van der Waals surface area (Å²) >= 11 is 1.15. The number of ketones is 1. The van der Waals surface area contributed by atoms with E-state index in [4.69, 9.17) is 8.05 Å². The van der Waals surface area contributed by atoms with Crippen molar-refractivity contribution in [2.24, 2.45) is 11.0 Å². The summed E-state index contributed by atoms with van der Waals surface area (Å²) in [5.41, 5.74) is 1.70. The Morgan fingerprint density at radius 2 is 1.81 bits per heavy atom. The van der Waals surface area contributed by atoms with Gasteiger partial charge in [-0.1, -0.05) is 72.4 Å². The molecular formula is C26H25BN4O5S. The summed E-state index contributed by atoms with van der Waals surface area (Å²) in [4.78, 5) is 53.5. The van der Waals surface area contributed by atoms with E-state index in [-0.39, 0.29) is 43.7 Å². The predicted molar refractivity (Wildman–Crippen MR) is 138 cm³/mol. The van der Waals surface area contributed by atoms with Crippen molar-refractivity contribution in [3.05, 3.63) is 71.8 Å². The topological polar surface area (TPSA) is 99.6 Å². The quantitative estimate of drug-likeness (QED) is 0.303. The number of hydrogen-bond acceptors (Lipinski definition) is 7. The van der Waals surface area contributed by atoms with Crippen LogP contribution in [0, 0.1) is 5.92 Å². The lowest BCUT2D eigenvalue weighted by molar-refractivity contribution is -0.153. The van der Waals surface area contributed by atoms with E-state index in [1.165, 1.54) is 14.8 Å². The third kappa shape index (κ3) is 4.52. The summed E-state index contributed by atoms with van der Waals surface area (Å²) in [5.74, 6) is -1.67. The molecule has 2 radical (unpaired) electrons. The van der Waals surface area contributed by atoms with E-state index in [1.807, 2.05) is 67.6 Å². The molecule has 188 valence electrons. The van der Waals surface area contributed by atoms with Gasteiger partial charge in [0, 0.05) is 19.4 Å². The summed E-state index contributed by atoms with van der Waals surface area (Å²) in [5, 5.41) is 5.24. The lowest BCUT2D eigenvalue weighted by Gasteiger charge is -2.41. The van der Waals surface area contributed by atoms with Gasteiger partial charge in [-0.3, -0.25) is 19.3 Å². The molecule has 2 unspecified atom stereocenters. The maximum absolute atomic E-state index is 13.4. The van der Waals surface area contributed by atoms with Gasteiger partial charge < -0.3 is 9.55 Å². The number of β-lactam (4-membered cyclic amide) rings is 1. The highest BCUT2D eigenvalue weighted by Crippen LogP contribution is 2.53. The summed E-state index contributed by atoms with van der Waals surface area (Å²) in [6.45, 7) is 1.96. The number of rotatable bonds is 8. The zero-order chi connectivity index (χ0) is 26.2. The number of carbonyl (C=O) groups excluding carboxylic acids is 4. The minimum absolute atomic E-state index is 0.0593. The molecule has 0 aromatic heterocycles. The standard InChI is InChI=1S/C26H25BN4O5S/c1-17-15-30(25(35)31(17)28-14-19-10-6-3-7-11-19)26(24(34)36-27)16-29-22(33)21(23(29)37-26)13-20(32)12-18-8-4-2-5-9-18/h2-11,14,17,21,23H,12-13,15-16H2,1H3/b28-14+/t17-,21?,23?,26-/m1/s1. The largest absolute Gasteiger partial charge is 0.541 e. The van der Waals surface area contributed by atoms with Crippen LogP contribution < -0.4 is 0 Å². The fourth-order valence-corrected chi connectivity index (χ4v) is 6.75. The predicted octanol–water partition coefficient (Wildman–Crippen LogP) is 2.20. The molecule has 3 aliphatic rings. The van der Waals surface area contributed by atoms with E-state index in [0.29, 0.717) is 0 Å². The van der Waals surface area contributed by atoms with Crippen molar-refractivity contribution in [3.8, 4) is 0 Å². The van der Waals surface area contributed by atoms with Crippen LogP contribution in [-0.4, -0.2) is 82.1 Å². The maximum atomic E-state index is 13.4. The van der Waals surface area contributed by atoms with Crippen molar-refractivity contribution in [1.29, 1.82) is 0 Å². The Hall–Kier alpha value is -3.60. The highest BCUT2D eigenvalue weighted by atomic mass is 32.2. The second-order valence-corrected chi connectivity index (χ2v) is 10.8. The third-order valence-electron chi connectivity index (χ3n) is 6.93. The number of thioether (sulfide) groups is 1. The van der Waals surface area contributed by atoms with E-state index in [1.54, 1.807) is 6.21 Å². The van der Waals surface area contributed by atoms with Crippen LogP contribution in [0.25, 0.3) is 0 Å². The molecule has 0 aliphatic carbocycles. The summed E-state index contributed by atoms with van der Waals surface area (Å²) in [6, 6.07) is 17.9. The van der Waals surface area contributed by atoms with Crippen molar-refractivity contribution >= 4 is 49.7 Å². The van der Waals surface area contributed by atoms with Crippen molar-refractivity contribution in [3.63, 3.8) is 0 Å². The zero-order valence-corrected chi connectivity index (χ0v) is 21.0. The van der Waals surface area contributed by atoms with E-state index in [0.717, 1.165) is 22.9 Å². The highest BCUT2D eigenvalue weighted by molar-refractivity contribution is 8.02. The Morgan fingerprint density at radius 3 is 2.49 bits per heavy atom. The normalized spacial score (nSPS) is 26.9. The molecule has 4 atom stereocenters. The van der Waals surface area contributed by atoms with E-state index >= 15 is 0 Å². The third-order valence-corrected chi connectivity index (χ3v) is 8.66. The molecule has 0 saturated carbocycles. The number of hydrogen-bond donors (Lipinski definition) is 0. The van der Waals surface area contributed by atoms with Gasteiger partial charge in [0.05, 0.1) is 30.1 Å². The number of nitrogens with zero attached hydrogens (tertiary/aromatic N) is 4. The minimum atomic E-state index is -1.52. The lowest BCUT2D eigenvalue weighted by Crippen LogP contribution is -2.59. The van der Waals surface area contributed by atoms with Gasteiger partial charge in [-0.2, -0.15) is 5.10 Å². The van der Waals surface area contributed by atoms with Gasteiger partial charge in [0.1, 0.15) is 5.78 Å². The first-order valence-corrected chi connectivity index (χ1v) is 12.9. The average molecular weight is 516 g/mol. The number of Topliss-reactive ketones (excluding diaryl/α,β-unsaturated/α-hetero) is 1. The SMILES string of the molecule is [B]OC(=O)[C@@]1(N2C[C@@H](C)N(/N=C/c3ccccc3)C2=O)CN2C(=O)C(CC(=O)Cc3ccccc3)C2S1. The summed E-state index contributed by atoms with van der Waals surface area (Å²) in [6.07, 6.45) is 1.88. The molecule has 3 fully saturated rings. The molecule has 2 aromatic carbocycles. The van der Waals surface area contributed by atoms with Gasteiger partial charge in [-0.25, -0.2) is 9.80 Å². The second-order valence-electron chi connectivity index (χ2n) is 9.42. The fourth-order valence-electron chi connectivity index (χ4n) is 5.04. The highest BCUT2D eigenvalue weighted by Gasteiger charge is 2.66. The average Bonchev–Trinajstić information content (AvgIpc) is 3.42. The van der Waals surface area contributed by atoms with Crippen molar-refractivity contribution in [1.82, 2.24) is 14.8 Å². The monoisotopic (exact) mass is 516 g/mol. The molecule has 9 nitrogen and oxygen atoms in total. The number of urea groups is 1. The first-order chi connectivity index (χ1) is 17.8. The second kappa shape index (κ2) is 10.0. The van der Waals surface area contributed by atoms with Crippen LogP contribution in [0.2, 0.25) is 0 Å². The fraction of sp³-hybridized carbons (Fsp3) is 0.346. The minimum Gasteiger partial charge on any atom is -0.541 e. The molecule has 3 aliphatic heterocycles. The van der Waals surface area contributed by atoms with Gasteiger partial charge in [-0.05, 0) is 18.1 Å². The Labute approximate surface area is 220 Å². The van der Waals surface area contributed by atoms with Crippen LogP contribution in [-0.2, 0) is 25.5 Å². The number of benzene rings is 2. The molecule has 0 N–H and O–H groups in total. The van der Waals surface area contributed by atoms with Crippen LogP contribution in [0.4, 0.5) is 4.79 Å². The summed E-state index contributed by atoms with van der Waals surface area (Å²) in [7, 11) is 5.30. The molecule has 3 saturated heterocycles. The summed E-state index contributed by atoms with van der Waals surface area (Å²) < 4.78 is 4.64. The Bertz CT molecular complexity index is 1250. The molecule has 0 bridgehead atoms. The van der Waals surface area contributed by atoms with Crippen LogP contribution in [0.15, 0.2) is 65.8 Å². The van der Waals surface area contributed by atoms with Gasteiger partial charge in [0.2, 0.25) is 10.8 Å². The Kier molecular flexibility index (Phi) is 6.81. The van der Waals surface area contributed by atoms with Crippen LogP contribution >= 0.6 is 11.8 Å². The van der Waals surface area contributed by atoms with Crippen molar-refractivity contribution in [2.45, 2.75) is 36.1 Å². The van der Waals surface area contributed by atoms with Crippen molar-refractivity contribution in [2.75, 3.05) is 13.1 Å². The van der Waals surface area contributed by atoms with E-state index < -0.39 is 28.2 Å². The zero-order valence-electron chi connectivity index (χ0n) is 20.2. The Balaban J connectivity index is 1.32. The van der Waals surface area contributed by atoms with Gasteiger partial charge >= 0.3 is 20.0 Å². The van der Waals surface area contributed by atoms with Gasteiger partial charge in [0.25, 0.3) is 0 Å². The van der Waals surface area contributed by atoms with Gasteiger partial charge in [0.15, 0.2) is 0 Å². The molecule has 11 heteroatoms. The lowest BCUT2D eigenvalue weighted by atomic mass is 9.90. The molecule has 3 heterocycles. The van der Waals surface area contributed by atoms with E-state index in [2.05, 4.69) is 9.76 Å². The number of amides is 3. The smallest absolute Gasteiger partial charge is 0.378 e. The first-order valence-electron chi connectivity index (χ1n) is 12.0. The van der Waals surface area contributed by atoms with Gasteiger partial charge in [-0.15, -0.1) is 0 Å².